The highest BCUT2D eigenvalue weighted by molar-refractivity contribution is 5.91. The second kappa shape index (κ2) is 9.05. The van der Waals surface area contributed by atoms with Crippen LogP contribution in [0.25, 0.3) is 0 Å². The van der Waals surface area contributed by atoms with Crippen LogP contribution in [0.15, 0.2) is 54.6 Å². The molecule has 0 radical (unpaired) electrons. The molecule has 1 unspecified atom stereocenters. The third kappa shape index (κ3) is 7.37. The zero-order chi connectivity index (χ0) is 19.9. The molecule has 2 amide bonds. The normalized spacial score (nSPS) is 12.1. The fraction of sp³-hybridized carbons (Fsp3) is 0.300. The number of carboxylic acids is 1. The number of amides is 2. The molecule has 0 bridgehead atoms. The molecule has 144 valence electrons. The van der Waals surface area contributed by atoms with E-state index < -0.39 is 18.0 Å². The van der Waals surface area contributed by atoms with E-state index in [4.69, 9.17) is 9.84 Å². The van der Waals surface area contributed by atoms with Crippen LogP contribution in [0.2, 0.25) is 0 Å². The fourth-order valence-electron chi connectivity index (χ4n) is 2.65. The molecule has 0 saturated carbocycles. The number of carboxylic acid groups (broad SMARTS) is 1. The number of carbonyl (C=O) groups excluding carboxylic acids is 1. The maximum absolute atomic E-state index is 12.4. The van der Waals surface area contributed by atoms with Crippen molar-refractivity contribution < 1.29 is 23.9 Å². The van der Waals surface area contributed by atoms with Gasteiger partial charge in [0.05, 0.1) is 45.8 Å². The molecule has 3 N–H and O–H groups in total. The minimum absolute atomic E-state index is 0.148. The molecule has 1 atom stereocenters. The highest BCUT2D eigenvalue weighted by atomic mass is 16.5. The predicted molar refractivity (Wildman–Crippen MR) is 104 cm³/mol. The molecule has 0 aliphatic carbocycles. The van der Waals surface area contributed by atoms with Gasteiger partial charge in [-0.3, -0.25) is 4.79 Å². The summed E-state index contributed by atoms with van der Waals surface area (Å²) in [6, 6.07) is 15.4. The summed E-state index contributed by atoms with van der Waals surface area (Å²) in [7, 11) is 5.83. The first kappa shape index (κ1) is 20.3. The summed E-state index contributed by atoms with van der Waals surface area (Å²) in [5.41, 5.74) is 0.498. The molecule has 0 spiro atoms. The number of para-hydroxylation sites is 3. The number of ether oxygens (including phenoxy) is 1. The maximum Gasteiger partial charge on any atom is 0.319 e. The van der Waals surface area contributed by atoms with E-state index >= 15 is 0 Å². The van der Waals surface area contributed by atoms with Gasteiger partial charge in [0.2, 0.25) is 0 Å². The number of aliphatic carboxylic acids is 1. The summed E-state index contributed by atoms with van der Waals surface area (Å²) in [4.78, 5) is 23.5. The highest BCUT2D eigenvalue weighted by Crippen LogP contribution is 2.28. The molecule has 2 aromatic rings. The average Bonchev–Trinajstić information content (AvgIpc) is 2.55. The Morgan fingerprint density at radius 1 is 1.04 bits per heavy atom. The van der Waals surface area contributed by atoms with Crippen molar-refractivity contribution in [1.82, 2.24) is 5.32 Å². The predicted octanol–water partition coefficient (Wildman–Crippen LogP) is 3.15. The Kier molecular flexibility index (Phi) is 6.79. The van der Waals surface area contributed by atoms with Gasteiger partial charge in [-0.2, -0.15) is 0 Å². The smallest absolute Gasteiger partial charge is 0.319 e. The number of urea groups is 1. The summed E-state index contributed by atoms with van der Waals surface area (Å²) < 4.78 is 6.35. The van der Waals surface area contributed by atoms with Crippen LogP contribution in [-0.4, -0.2) is 55.3 Å². The summed E-state index contributed by atoms with van der Waals surface area (Å²) in [5, 5.41) is 14.6. The average molecular weight is 372 g/mol. The van der Waals surface area contributed by atoms with E-state index in [-0.39, 0.29) is 6.42 Å². The van der Waals surface area contributed by atoms with Gasteiger partial charge in [-0.25, -0.2) is 4.79 Å². The Morgan fingerprint density at radius 2 is 1.67 bits per heavy atom. The van der Waals surface area contributed by atoms with Crippen molar-refractivity contribution in [2.75, 3.05) is 33.0 Å². The number of hydrogen-bond acceptors (Lipinski definition) is 3. The molecule has 0 aliphatic rings. The lowest BCUT2D eigenvalue weighted by Gasteiger charge is -2.29. The lowest BCUT2D eigenvalue weighted by atomic mass is 10.2. The Bertz CT molecular complexity index is 772. The van der Waals surface area contributed by atoms with Crippen LogP contribution in [0, 0.1) is 0 Å². The first-order chi connectivity index (χ1) is 12.7. The molecule has 7 nitrogen and oxygen atoms in total. The number of carbonyl (C=O) groups is 2. The highest BCUT2D eigenvalue weighted by Gasteiger charge is 2.23. The van der Waals surface area contributed by atoms with E-state index in [1.807, 2.05) is 57.5 Å². The number of nitrogens with zero attached hydrogens (tertiary/aromatic N) is 1. The van der Waals surface area contributed by atoms with Crippen LogP contribution < -0.4 is 15.4 Å². The van der Waals surface area contributed by atoms with Gasteiger partial charge in [0, 0.05) is 0 Å². The fourth-order valence-corrected chi connectivity index (χ4v) is 2.65. The lowest BCUT2D eigenvalue weighted by Crippen LogP contribution is -2.50. The van der Waals surface area contributed by atoms with Crippen molar-refractivity contribution in [3.8, 4) is 11.5 Å². The van der Waals surface area contributed by atoms with E-state index in [0.29, 0.717) is 28.2 Å². The Morgan fingerprint density at radius 3 is 2.30 bits per heavy atom. The van der Waals surface area contributed by atoms with Crippen molar-refractivity contribution >= 4 is 17.7 Å². The first-order valence-corrected chi connectivity index (χ1v) is 8.64. The number of nitrogens with one attached hydrogen (secondary N) is 2. The van der Waals surface area contributed by atoms with E-state index in [2.05, 4.69) is 10.6 Å². The number of anilines is 1. The number of rotatable bonds is 8. The third-order valence-corrected chi connectivity index (χ3v) is 3.63. The maximum atomic E-state index is 12.4. The number of benzene rings is 2. The van der Waals surface area contributed by atoms with Crippen molar-refractivity contribution in [3.05, 3.63) is 54.6 Å². The standard InChI is InChI=1S/C20H25N3O4/c1-23(2,3)14-15(13-19(24)25)21-20(26)22-17-11-7-8-12-18(17)27-16-9-5-4-6-10-16/h4-12,15H,13-14H2,1-3H3,(H2-,21,22,24,25,26)/p+1. The summed E-state index contributed by atoms with van der Waals surface area (Å²) in [5.74, 6) is 0.197. The van der Waals surface area contributed by atoms with Crippen molar-refractivity contribution in [2.45, 2.75) is 12.5 Å². The number of quaternary nitrogens is 1. The van der Waals surface area contributed by atoms with Crippen molar-refractivity contribution in [1.29, 1.82) is 0 Å². The van der Waals surface area contributed by atoms with Crippen LogP contribution in [0.1, 0.15) is 6.42 Å². The second-order valence-electron chi connectivity index (χ2n) is 7.28. The van der Waals surface area contributed by atoms with Gasteiger partial charge < -0.3 is 25.0 Å². The zero-order valence-electron chi connectivity index (χ0n) is 15.8. The van der Waals surface area contributed by atoms with Crippen LogP contribution in [0.5, 0.6) is 11.5 Å². The molecular formula is C20H26N3O4+. The topological polar surface area (TPSA) is 87.7 Å². The molecule has 0 fully saturated rings. The van der Waals surface area contributed by atoms with Gasteiger partial charge in [-0.05, 0) is 24.3 Å². The molecule has 0 heterocycles. The minimum Gasteiger partial charge on any atom is -0.481 e. The molecule has 0 saturated heterocycles. The molecular weight excluding hydrogens is 346 g/mol. The van der Waals surface area contributed by atoms with Gasteiger partial charge in [0.25, 0.3) is 0 Å². The minimum atomic E-state index is -0.957. The summed E-state index contributed by atoms with van der Waals surface area (Å²) >= 11 is 0. The van der Waals surface area contributed by atoms with E-state index in [1.165, 1.54) is 0 Å². The van der Waals surface area contributed by atoms with Crippen LogP contribution >= 0.6 is 0 Å². The molecule has 27 heavy (non-hydrogen) atoms. The molecule has 7 heteroatoms. The van der Waals surface area contributed by atoms with E-state index in [9.17, 15) is 9.59 Å². The van der Waals surface area contributed by atoms with Gasteiger partial charge in [0.15, 0.2) is 5.75 Å². The van der Waals surface area contributed by atoms with Gasteiger partial charge in [-0.1, -0.05) is 30.3 Å². The molecule has 0 aliphatic heterocycles. The first-order valence-electron chi connectivity index (χ1n) is 8.64. The SMILES string of the molecule is C[N+](C)(C)CC(CC(=O)O)NC(=O)Nc1ccccc1Oc1ccccc1. The molecule has 0 aromatic heterocycles. The van der Waals surface area contributed by atoms with Crippen molar-refractivity contribution in [3.63, 3.8) is 0 Å². The molecule has 2 aromatic carbocycles. The quantitative estimate of drug-likeness (QED) is 0.621. The summed E-state index contributed by atoms with van der Waals surface area (Å²) in [6.07, 6.45) is -0.148. The summed E-state index contributed by atoms with van der Waals surface area (Å²) in [6.45, 7) is 0.488. The zero-order valence-corrected chi connectivity index (χ0v) is 15.8. The van der Waals surface area contributed by atoms with E-state index in [0.717, 1.165) is 0 Å². The van der Waals surface area contributed by atoms with Gasteiger partial charge in [-0.15, -0.1) is 0 Å². The van der Waals surface area contributed by atoms with Gasteiger partial charge >= 0.3 is 12.0 Å². The number of hydrogen-bond donors (Lipinski definition) is 3. The second-order valence-corrected chi connectivity index (χ2v) is 7.28. The van der Waals surface area contributed by atoms with Crippen LogP contribution in [0.3, 0.4) is 0 Å². The largest absolute Gasteiger partial charge is 0.481 e. The van der Waals surface area contributed by atoms with E-state index in [1.54, 1.807) is 18.2 Å². The Hall–Kier alpha value is -3.06. The van der Waals surface area contributed by atoms with Gasteiger partial charge in [0.1, 0.15) is 5.75 Å². The van der Waals surface area contributed by atoms with Crippen LogP contribution in [0.4, 0.5) is 10.5 Å². The van der Waals surface area contributed by atoms with Crippen molar-refractivity contribution in [2.24, 2.45) is 0 Å². The van der Waals surface area contributed by atoms with Crippen LogP contribution in [-0.2, 0) is 4.79 Å². The molecule has 2 rings (SSSR count). The lowest BCUT2D eigenvalue weighted by molar-refractivity contribution is -0.871. The Labute approximate surface area is 159 Å². The Balaban J connectivity index is 2.07. The number of likely N-dealkylation sites (N-methyl/N-ethyl adjacent to an activating group) is 1. The third-order valence-electron chi connectivity index (χ3n) is 3.63. The monoisotopic (exact) mass is 372 g/mol.